The number of aliphatic hydroxyl groups excluding tert-OH is 1. The van der Waals surface area contributed by atoms with Crippen molar-refractivity contribution < 1.29 is 5.11 Å². The summed E-state index contributed by atoms with van der Waals surface area (Å²) < 4.78 is 0. The largest absolute Gasteiger partial charge is 0.387 e. The van der Waals surface area contributed by atoms with Gasteiger partial charge in [0.2, 0.25) is 0 Å². The minimum absolute atomic E-state index is 0.00206. The lowest BCUT2D eigenvalue weighted by Gasteiger charge is -2.16. The zero-order valence-electron chi connectivity index (χ0n) is 9.20. The molecule has 0 saturated heterocycles. The molecule has 0 unspecified atom stereocenters. The van der Waals surface area contributed by atoms with Crippen LogP contribution in [-0.2, 0) is 5.41 Å². The Labute approximate surface area is 90.4 Å². The second-order valence-electron chi connectivity index (χ2n) is 4.62. The molecule has 2 rings (SSSR count). The van der Waals surface area contributed by atoms with E-state index in [1.807, 2.05) is 12.1 Å². The number of rotatable bonds is 2. The molecule has 1 aromatic carbocycles. The second kappa shape index (κ2) is 3.47. The zero-order valence-corrected chi connectivity index (χ0v) is 9.20. The number of allylic oxidation sites excluding steroid dienone is 1. The maximum absolute atomic E-state index is 9.84. The fourth-order valence-electron chi connectivity index (χ4n) is 2.24. The van der Waals surface area contributed by atoms with Gasteiger partial charge < -0.3 is 10.8 Å². The van der Waals surface area contributed by atoms with Gasteiger partial charge in [-0.1, -0.05) is 44.2 Å². The first-order chi connectivity index (χ1) is 7.06. The number of aliphatic hydroxyl groups is 1. The van der Waals surface area contributed by atoms with Gasteiger partial charge in [-0.15, -0.1) is 0 Å². The summed E-state index contributed by atoms with van der Waals surface area (Å²) in [5, 5.41) is 9.84. The van der Waals surface area contributed by atoms with E-state index in [9.17, 15) is 5.11 Å². The minimum Gasteiger partial charge on any atom is -0.387 e. The van der Waals surface area contributed by atoms with Crippen molar-refractivity contribution in [1.82, 2.24) is 0 Å². The normalized spacial score (nSPS) is 19.6. The van der Waals surface area contributed by atoms with Crippen LogP contribution in [0.25, 0.3) is 5.57 Å². The lowest BCUT2D eigenvalue weighted by Crippen LogP contribution is -2.20. The van der Waals surface area contributed by atoms with E-state index in [2.05, 4.69) is 32.1 Å². The first-order valence-electron chi connectivity index (χ1n) is 5.27. The van der Waals surface area contributed by atoms with Gasteiger partial charge >= 0.3 is 0 Å². The average Bonchev–Trinajstić information content (AvgIpc) is 2.51. The molecule has 0 radical (unpaired) electrons. The van der Waals surface area contributed by atoms with Crippen LogP contribution in [0.2, 0.25) is 0 Å². The summed E-state index contributed by atoms with van der Waals surface area (Å²) in [6.45, 7) is 4.58. The van der Waals surface area contributed by atoms with Gasteiger partial charge in [-0.05, 0) is 16.7 Å². The molecule has 2 nitrogen and oxygen atoms in total. The SMILES string of the molecule is CC1(C)C=C([C@H](O)CN)c2ccccc21. The molecule has 3 N–H and O–H groups in total. The molecular weight excluding hydrogens is 186 g/mol. The highest BCUT2D eigenvalue weighted by molar-refractivity contribution is 5.78. The Bertz CT molecular complexity index is 407. The van der Waals surface area contributed by atoms with Crippen molar-refractivity contribution in [3.05, 3.63) is 41.5 Å². The maximum atomic E-state index is 9.84. The Hall–Kier alpha value is -1.12. The number of hydrogen-bond acceptors (Lipinski definition) is 2. The van der Waals surface area contributed by atoms with E-state index >= 15 is 0 Å². The predicted molar refractivity (Wildman–Crippen MR) is 62.5 cm³/mol. The van der Waals surface area contributed by atoms with Gasteiger partial charge in [0, 0.05) is 12.0 Å². The van der Waals surface area contributed by atoms with Crippen molar-refractivity contribution in [2.75, 3.05) is 6.54 Å². The van der Waals surface area contributed by atoms with Crippen LogP contribution in [-0.4, -0.2) is 17.8 Å². The molecule has 0 amide bonds. The molecule has 0 aliphatic heterocycles. The Kier molecular flexibility index (Phi) is 2.41. The van der Waals surface area contributed by atoms with Crippen molar-refractivity contribution in [2.45, 2.75) is 25.4 Å². The van der Waals surface area contributed by atoms with Crippen molar-refractivity contribution in [3.63, 3.8) is 0 Å². The summed E-state index contributed by atoms with van der Waals surface area (Å²) in [5.41, 5.74) is 8.89. The highest BCUT2D eigenvalue weighted by Gasteiger charge is 2.31. The molecule has 1 atom stereocenters. The Morgan fingerprint density at radius 3 is 2.67 bits per heavy atom. The second-order valence-corrected chi connectivity index (χ2v) is 4.62. The summed E-state index contributed by atoms with van der Waals surface area (Å²) in [6, 6.07) is 8.19. The quantitative estimate of drug-likeness (QED) is 0.768. The summed E-state index contributed by atoms with van der Waals surface area (Å²) in [7, 11) is 0. The monoisotopic (exact) mass is 203 g/mol. The molecule has 15 heavy (non-hydrogen) atoms. The molecule has 0 aromatic heterocycles. The fraction of sp³-hybridized carbons (Fsp3) is 0.385. The summed E-state index contributed by atoms with van der Waals surface area (Å²) in [6.07, 6.45) is 1.57. The molecule has 1 aromatic rings. The lowest BCUT2D eigenvalue weighted by atomic mass is 9.87. The molecule has 1 aliphatic carbocycles. The number of fused-ring (bicyclic) bond motifs is 1. The van der Waals surface area contributed by atoms with Crippen molar-refractivity contribution in [1.29, 1.82) is 0 Å². The molecule has 2 heteroatoms. The van der Waals surface area contributed by atoms with Crippen LogP contribution in [0, 0.1) is 0 Å². The third-order valence-electron chi connectivity index (χ3n) is 3.03. The molecule has 0 saturated carbocycles. The Morgan fingerprint density at radius 2 is 2.00 bits per heavy atom. The van der Waals surface area contributed by atoms with Gasteiger partial charge in [0.1, 0.15) is 0 Å². The minimum atomic E-state index is -0.548. The standard InChI is InChI=1S/C13H17NO/c1-13(2)7-10(12(15)8-14)9-5-3-4-6-11(9)13/h3-7,12,15H,8,14H2,1-2H3/t12-/m1/s1. The maximum Gasteiger partial charge on any atom is 0.0915 e. The molecule has 80 valence electrons. The molecular formula is C13H17NO. The lowest BCUT2D eigenvalue weighted by molar-refractivity contribution is 0.241. The van der Waals surface area contributed by atoms with Gasteiger partial charge in [0.15, 0.2) is 0 Å². The summed E-state index contributed by atoms with van der Waals surface area (Å²) in [4.78, 5) is 0. The highest BCUT2D eigenvalue weighted by Crippen LogP contribution is 2.41. The summed E-state index contributed by atoms with van der Waals surface area (Å²) in [5.74, 6) is 0. The first kappa shape index (κ1) is 10.4. The van der Waals surface area contributed by atoms with E-state index in [-0.39, 0.29) is 12.0 Å². The van der Waals surface area contributed by atoms with Gasteiger partial charge in [-0.3, -0.25) is 0 Å². The fourth-order valence-corrected chi connectivity index (χ4v) is 2.24. The van der Waals surface area contributed by atoms with Crippen LogP contribution in [0.3, 0.4) is 0 Å². The smallest absolute Gasteiger partial charge is 0.0915 e. The van der Waals surface area contributed by atoms with E-state index in [1.165, 1.54) is 5.56 Å². The Balaban J connectivity index is 2.53. The van der Waals surface area contributed by atoms with Crippen molar-refractivity contribution >= 4 is 5.57 Å². The molecule has 1 aliphatic rings. The number of benzene rings is 1. The predicted octanol–water partition coefficient (Wildman–Crippen LogP) is 1.68. The molecule has 0 bridgehead atoms. The topological polar surface area (TPSA) is 46.2 Å². The first-order valence-corrected chi connectivity index (χ1v) is 5.27. The molecule has 0 spiro atoms. The van der Waals surface area contributed by atoms with E-state index in [0.29, 0.717) is 0 Å². The van der Waals surface area contributed by atoms with Crippen molar-refractivity contribution in [2.24, 2.45) is 5.73 Å². The molecule has 0 heterocycles. The van der Waals surface area contributed by atoms with Gasteiger partial charge in [0.05, 0.1) is 6.10 Å². The van der Waals surface area contributed by atoms with Gasteiger partial charge in [0.25, 0.3) is 0 Å². The van der Waals surface area contributed by atoms with E-state index in [4.69, 9.17) is 5.73 Å². The van der Waals surface area contributed by atoms with Crippen LogP contribution >= 0.6 is 0 Å². The summed E-state index contributed by atoms with van der Waals surface area (Å²) >= 11 is 0. The number of nitrogens with two attached hydrogens (primary N) is 1. The van der Waals surface area contributed by atoms with E-state index in [0.717, 1.165) is 11.1 Å². The molecule has 0 fully saturated rings. The van der Waals surface area contributed by atoms with Gasteiger partial charge in [-0.2, -0.15) is 0 Å². The van der Waals surface area contributed by atoms with E-state index < -0.39 is 6.10 Å². The zero-order chi connectivity index (χ0) is 11.1. The third kappa shape index (κ3) is 1.60. The van der Waals surface area contributed by atoms with Crippen LogP contribution < -0.4 is 5.73 Å². The average molecular weight is 203 g/mol. The highest BCUT2D eigenvalue weighted by atomic mass is 16.3. The van der Waals surface area contributed by atoms with Crippen LogP contribution in [0.15, 0.2) is 30.3 Å². The van der Waals surface area contributed by atoms with Crippen LogP contribution in [0.4, 0.5) is 0 Å². The van der Waals surface area contributed by atoms with Crippen LogP contribution in [0.1, 0.15) is 25.0 Å². The van der Waals surface area contributed by atoms with Gasteiger partial charge in [-0.25, -0.2) is 0 Å². The van der Waals surface area contributed by atoms with Crippen LogP contribution in [0.5, 0.6) is 0 Å². The Morgan fingerprint density at radius 1 is 1.33 bits per heavy atom. The van der Waals surface area contributed by atoms with E-state index in [1.54, 1.807) is 0 Å². The third-order valence-corrected chi connectivity index (χ3v) is 3.03. The van der Waals surface area contributed by atoms with Crippen molar-refractivity contribution in [3.8, 4) is 0 Å². The number of hydrogen-bond donors (Lipinski definition) is 2.